The van der Waals surface area contributed by atoms with Gasteiger partial charge in [0.25, 0.3) is 0 Å². The van der Waals surface area contributed by atoms with Gasteiger partial charge in [0.15, 0.2) is 12.5 Å². The zero-order valence-corrected chi connectivity index (χ0v) is 18.3. The van der Waals surface area contributed by atoms with E-state index in [4.69, 9.17) is 14.2 Å². The summed E-state index contributed by atoms with van der Waals surface area (Å²) >= 11 is 0. The Hall–Kier alpha value is -3.48. The molecule has 3 aromatic carbocycles. The lowest BCUT2D eigenvalue weighted by atomic mass is 10.1. The van der Waals surface area contributed by atoms with Gasteiger partial charge in [0.2, 0.25) is 0 Å². The summed E-state index contributed by atoms with van der Waals surface area (Å²) in [5.41, 5.74) is 4.10. The van der Waals surface area contributed by atoms with Crippen molar-refractivity contribution in [3.63, 3.8) is 0 Å². The number of ether oxygens (including phenoxy) is 3. The number of methoxy groups -OCH3 is 1. The molecule has 0 amide bonds. The third-order valence-electron chi connectivity index (χ3n) is 5.27. The number of H-pyrrole nitrogens is 1. The number of fused-ring (bicyclic) bond motifs is 1. The van der Waals surface area contributed by atoms with Crippen LogP contribution >= 0.6 is 0 Å². The van der Waals surface area contributed by atoms with Gasteiger partial charge >= 0.3 is 0 Å². The smallest absolute Gasteiger partial charge is 0.188 e. The van der Waals surface area contributed by atoms with Crippen LogP contribution in [0.4, 0.5) is 5.69 Å². The lowest BCUT2D eigenvalue weighted by Crippen LogP contribution is -2.04. The van der Waals surface area contributed by atoms with Crippen LogP contribution in [0.2, 0.25) is 0 Å². The highest BCUT2D eigenvalue weighted by Gasteiger charge is 2.10. The monoisotopic (exact) mass is 432 g/mol. The minimum Gasteiger partial charge on any atom is -0.468 e. The zero-order valence-electron chi connectivity index (χ0n) is 18.3. The fourth-order valence-corrected chi connectivity index (χ4v) is 3.56. The van der Waals surface area contributed by atoms with Crippen LogP contribution in [0.1, 0.15) is 24.2 Å². The number of hydrogen-bond donors (Lipinski definition) is 3. The van der Waals surface area contributed by atoms with E-state index in [0.29, 0.717) is 0 Å². The van der Waals surface area contributed by atoms with Crippen molar-refractivity contribution in [2.75, 3.05) is 25.8 Å². The van der Waals surface area contributed by atoms with Crippen LogP contribution < -0.4 is 14.8 Å². The van der Waals surface area contributed by atoms with E-state index >= 15 is 0 Å². The summed E-state index contributed by atoms with van der Waals surface area (Å²) in [5.74, 6) is 2.29. The molecule has 6 nitrogen and oxygen atoms in total. The number of aromatic nitrogens is 1. The van der Waals surface area contributed by atoms with E-state index < -0.39 is 6.10 Å². The second-order valence-electron chi connectivity index (χ2n) is 7.59. The molecule has 4 rings (SSSR count). The van der Waals surface area contributed by atoms with Gasteiger partial charge < -0.3 is 29.6 Å². The van der Waals surface area contributed by atoms with Gasteiger partial charge in [-0.1, -0.05) is 24.3 Å². The highest BCUT2D eigenvalue weighted by atomic mass is 16.7. The Bertz CT molecular complexity index is 1130. The van der Waals surface area contributed by atoms with Gasteiger partial charge in [0, 0.05) is 30.9 Å². The van der Waals surface area contributed by atoms with Crippen molar-refractivity contribution < 1.29 is 19.3 Å². The molecule has 0 saturated carbocycles. The molecular formula is C26H28N2O4. The van der Waals surface area contributed by atoms with Crippen molar-refractivity contribution in [3.8, 4) is 17.2 Å². The molecule has 1 aromatic heterocycles. The third-order valence-corrected chi connectivity index (χ3v) is 5.27. The second-order valence-corrected chi connectivity index (χ2v) is 7.59. The molecule has 1 unspecified atom stereocenters. The Balaban J connectivity index is 1.39. The van der Waals surface area contributed by atoms with E-state index in [1.165, 1.54) is 5.56 Å². The number of para-hydroxylation sites is 1. The number of nitrogens with one attached hydrogen (secondary N) is 2. The van der Waals surface area contributed by atoms with Crippen LogP contribution in [0, 0.1) is 0 Å². The first kappa shape index (κ1) is 21.7. The highest BCUT2D eigenvalue weighted by Crippen LogP contribution is 2.31. The fourth-order valence-electron chi connectivity index (χ4n) is 3.56. The lowest BCUT2D eigenvalue weighted by molar-refractivity contribution is 0.0511. The summed E-state index contributed by atoms with van der Waals surface area (Å²) in [6.45, 7) is 2.79. The van der Waals surface area contributed by atoms with Crippen LogP contribution in [0.25, 0.3) is 10.9 Å². The number of anilines is 1. The van der Waals surface area contributed by atoms with Crippen LogP contribution in [-0.4, -0.2) is 30.5 Å². The summed E-state index contributed by atoms with van der Waals surface area (Å²) in [5, 5.41) is 14.3. The van der Waals surface area contributed by atoms with Crippen molar-refractivity contribution in [1.29, 1.82) is 0 Å². The zero-order chi connectivity index (χ0) is 22.3. The first-order valence-electron chi connectivity index (χ1n) is 10.6. The normalized spacial score (nSPS) is 12.0. The molecule has 0 bridgehead atoms. The molecule has 0 aliphatic carbocycles. The maximum Gasteiger partial charge on any atom is 0.188 e. The van der Waals surface area contributed by atoms with Crippen molar-refractivity contribution in [2.24, 2.45) is 0 Å². The molecule has 1 heterocycles. The average Bonchev–Trinajstić information content (AvgIpc) is 3.23. The van der Waals surface area contributed by atoms with Gasteiger partial charge in [-0.05, 0) is 66.9 Å². The maximum atomic E-state index is 9.67. The van der Waals surface area contributed by atoms with Crippen molar-refractivity contribution >= 4 is 16.6 Å². The molecule has 0 fully saturated rings. The largest absolute Gasteiger partial charge is 0.468 e. The summed E-state index contributed by atoms with van der Waals surface area (Å²) in [7, 11) is 1.60. The average molecular weight is 433 g/mol. The molecular weight excluding hydrogens is 404 g/mol. The summed E-state index contributed by atoms with van der Waals surface area (Å²) in [4.78, 5) is 3.36. The molecule has 1 atom stereocenters. The maximum absolute atomic E-state index is 9.67. The van der Waals surface area contributed by atoms with E-state index in [1.54, 1.807) is 14.0 Å². The minimum atomic E-state index is -0.492. The van der Waals surface area contributed by atoms with E-state index in [-0.39, 0.29) is 6.79 Å². The Labute approximate surface area is 187 Å². The van der Waals surface area contributed by atoms with Crippen molar-refractivity contribution in [1.82, 2.24) is 4.98 Å². The molecule has 4 aromatic rings. The predicted octanol–water partition coefficient (Wildman–Crippen LogP) is 5.65. The SMILES string of the molecule is COCOc1ccc(NCCc2c[nH]c3c(Oc4ccc(C(C)O)cc4)cccc23)cc1. The van der Waals surface area contributed by atoms with Gasteiger partial charge in [-0.3, -0.25) is 0 Å². The molecule has 0 saturated heterocycles. The number of rotatable bonds is 10. The van der Waals surface area contributed by atoms with Crippen molar-refractivity contribution in [2.45, 2.75) is 19.4 Å². The number of hydrogen-bond acceptors (Lipinski definition) is 5. The van der Waals surface area contributed by atoms with Gasteiger partial charge in [0.05, 0.1) is 11.6 Å². The Kier molecular flexibility index (Phi) is 6.94. The molecule has 6 heteroatoms. The highest BCUT2D eigenvalue weighted by molar-refractivity contribution is 5.88. The Morgan fingerprint density at radius 1 is 0.969 bits per heavy atom. The molecule has 0 radical (unpaired) electrons. The van der Waals surface area contributed by atoms with E-state index in [2.05, 4.69) is 16.4 Å². The predicted molar refractivity (Wildman–Crippen MR) is 127 cm³/mol. The van der Waals surface area contributed by atoms with E-state index in [1.807, 2.05) is 66.9 Å². The van der Waals surface area contributed by atoms with E-state index in [0.717, 1.165) is 52.4 Å². The number of aliphatic hydroxyl groups is 1. The first-order valence-corrected chi connectivity index (χ1v) is 10.6. The molecule has 3 N–H and O–H groups in total. The Morgan fingerprint density at radius 3 is 2.44 bits per heavy atom. The second kappa shape index (κ2) is 10.2. The molecule has 32 heavy (non-hydrogen) atoms. The van der Waals surface area contributed by atoms with Gasteiger partial charge in [-0.25, -0.2) is 0 Å². The van der Waals surface area contributed by atoms with Crippen LogP contribution in [0.3, 0.4) is 0 Å². The summed E-state index contributed by atoms with van der Waals surface area (Å²) in [6, 6.07) is 21.4. The van der Waals surface area contributed by atoms with Gasteiger partial charge in [0.1, 0.15) is 11.5 Å². The molecule has 0 spiro atoms. The Morgan fingerprint density at radius 2 is 1.72 bits per heavy atom. The summed E-state index contributed by atoms with van der Waals surface area (Å²) in [6.07, 6.45) is 2.42. The number of aliphatic hydroxyl groups excluding tert-OH is 1. The van der Waals surface area contributed by atoms with Gasteiger partial charge in [-0.2, -0.15) is 0 Å². The summed E-state index contributed by atoms with van der Waals surface area (Å²) < 4.78 is 16.4. The van der Waals surface area contributed by atoms with Gasteiger partial charge in [-0.15, -0.1) is 0 Å². The van der Waals surface area contributed by atoms with E-state index in [9.17, 15) is 5.11 Å². The minimum absolute atomic E-state index is 0.242. The topological polar surface area (TPSA) is 75.7 Å². The van der Waals surface area contributed by atoms with Crippen LogP contribution in [0.5, 0.6) is 17.2 Å². The number of benzene rings is 3. The quantitative estimate of drug-likeness (QED) is 0.282. The van der Waals surface area contributed by atoms with Crippen LogP contribution in [0.15, 0.2) is 72.9 Å². The number of aromatic amines is 1. The lowest BCUT2D eigenvalue weighted by Gasteiger charge is -2.10. The van der Waals surface area contributed by atoms with Crippen molar-refractivity contribution in [3.05, 3.63) is 84.1 Å². The first-order chi connectivity index (χ1) is 15.6. The van der Waals surface area contributed by atoms with Crippen LogP contribution in [-0.2, 0) is 11.2 Å². The fraction of sp³-hybridized carbons (Fsp3) is 0.231. The molecule has 0 aliphatic rings. The molecule has 166 valence electrons. The standard InChI is InChI=1S/C26H28N2O4/c1-18(29)19-6-10-23(11-7-19)32-25-5-3-4-24-20(16-28-26(24)25)14-15-27-21-8-12-22(13-9-21)31-17-30-2/h3-13,16,18,27-29H,14-15,17H2,1-2H3. The third kappa shape index (κ3) is 5.22. The molecule has 0 aliphatic heterocycles.